The minimum atomic E-state index is 0.449. The lowest BCUT2D eigenvalue weighted by molar-refractivity contribution is 0.615. The highest BCUT2D eigenvalue weighted by Gasteiger charge is 1.96. The van der Waals surface area contributed by atoms with E-state index < -0.39 is 0 Å². The Morgan fingerprint density at radius 3 is 2.83 bits per heavy atom. The van der Waals surface area contributed by atoms with Gasteiger partial charge in [0.2, 0.25) is 0 Å². The first kappa shape index (κ1) is 3.68. The van der Waals surface area contributed by atoms with Crippen LogP contribution >= 0.6 is 0 Å². The van der Waals surface area contributed by atoms with Crippen LogP contribution in [0, 0.1) is 6.20 Å². The van der Waals surface area contributed by atoms with Crippen molar-refractivity contribution in [2.75, 3.05) is 0 Å². The Kier molecular flexibility index (Phi) is 0.801. The summed E-state index contributed by atoms with van der Waals surface area (Å²) in [5, 5.41) is 0. The molecule has 0 spiro atoms. The van der Waals surface area contributed by atoms with Crippen molar-refractivity contribution in [1.82, 2.24) is 10.9 Å². The number of rotatable bonds is 0. The molecular weight excluding hydrogens is 76.1 g/mol. The number of hydrogen-bond acceptors (Lipinski definition) is 2. The molecule has 0 bridgehead atoms. The van der Waals surface area contributed by atoms with Crippen molar-refractivity contribution in [1.29, 1.82) is 0 Å². The van der Waals surface area contributed by atoms with Crippen molar-refractivity contribution in [2.24, 2.45) is 0 Å². The summed E-state index contributed by atoms with van der Waals surface area (Å²) in [6.45, 7) is 2.05. The Morgan fingerprint density at radius 2 is 2.67 bits per heavy atom. The third kappa shape index (κ3) is 0.518. The molecule has 33 valence electrons. The smallest absolute Gasteiger partial charge is 0.0706 e. The van der Waals surface area contributed by atoms with Gasteiger partial charge in [0.1, 0.15) is 0 Å². The number of nitrogens with one attached hydrogen (secondary N) is 2. The predicted octanol–water partition coefficient (Wildman–Crippen LogP) is -0.200. The van der Waals surface area contributed by atoms with Crippen LogP contribution in [0.5, 0.6) is 0 Å². The molecule has 1 aliphatic rings. The van der Waals surface area contributed by atoms with Crippen LogP contribution in [0.2, 0.25) is 0 Å². The molecule has 1 radical (unpaired) electrons. The van der Waals surface area contributed by atoms with Crippen LogP contribution in [-0.4, -0.2) is 6.04 Å². The van der Waals surface area contributed by atoms with Gasteiger partial charge in [-0.2, -0.15) is 0 Å². The summed E-state index contributed by atoms with van der Waals surface area (Å²) < 4.78 is 0. The van der Waals surface area contributed by atoms with E-state index in [1.165, 1.54) is 0 Å². The summed E-state index contributed by atoms with van der Waals surface area (Å²) in [6, 6.07) is 0.449. The molecule has 2 N–H and O–H groups in total. The van der Waals surface area contributed by atoms with Crippen LogP contribution in [0.1, 0.15) is 6.92 Å². The molecule has 2 nitrogen and oxygen atoms in total. The molecule has 0 aromatic carbocycles. The van der Waals surface area contributed by atoms with Gasteiger partial charge >= 0.3 is 0 Å². The van der Waals surface area contributed by atoms with Crippen molar-refractivity contribution in [2.45, 2.75) is 13.0 Å². The van der Waals surface area contributed by atoms with E-state index in [9.17, 15) is 0 Å². The lowest BCUT2D eigenvalue weighted by atomic mass is 10.4. The Balaban J connectivity index is 2.38. The topological polar surface area (TPSA) is 24.1 Å². The molecule has 2 heteroatoms. The highest BCUT2D eigenvalue weighted by atomic mass is 15.4. The molecule has 0 amide bonds. The Morgan fingerprint density at radius 1 is 1.83 bits per heavy atom. The monoisotopic (exact) mass is 83.1 g/mol. The first-order valence-corrected chi connectivity index (χ1v) is 1.99. The molecule has 0 aromatic rings. The summed E-state index contributed by atoms with van der Waals surface area (Å²) in [4.78, 5) is 0. The third-order valence-corrected chi connectivity index (χ3v) is 0.705. The summed E-state index contributed by atoms with van der Waals surface area (Å²) in [5.74, 6) is 0. The van der Waals surface area contributed by atoms with Gasteiger partial charge in [-0.1, -0.05) is 0 Å². The predicted molar refractivity (Wildman–Crippen MR) is 23.5 cm³/mol. The molecule has 1 rings (SSSR count). The zero-order chi connectivity index (χ0) is 4.41. The van der Waals surface area contributed by atoms with Gasteiger partial charge in [0.05, 0.1) is 6.20 Å². The maximum Gasteiger partial charge on any atom is 0.0706 e. The zero-order valence-corrected chi connectivity index (χ0v) is 3.65. The minimum absolute atomic E-state index is 0.449. The van der Waals surface area contributed by atoms with Gasteiger partial charge < -0.3 is 5.43 Å². The Hall–Kier alpha value is -0.500. The van der Waals surface area contributed by atoms with Crippen molar-refractivity contribution in [3.05, 3.63) is 12.3 Å². The van der Waals surface area contributed by atoms with Crippen LogP contribution < -0.4 is 10.9 Å². The van der Waals surface area contributed by atoms with Gasteiger partial charge in [0, 0.05) is 6.04 Å². The first-order valence-electron chi connectivity index (χ1n) is 1.99. The lowest BCUT2D eigenvalue weighted by Crippen LogP contribution is -2.27. The van der Waals surface area contributed by atoms with Crippen LogP contribution in [0.15, 0.2) is 6.08 Å². The lowest BCUT2D eigenvalue weighted by Gasteiger charge is -1.95. The maximum absolute atomic E-state index is 2.90. The minimum Gasteiger partial charge on any atom is -0.319 e. The summed E-state index contributed by atoms with van der Waals surface area (Å²) in [7, 11) is 0. The second-order valence-corrected chi connectivity index (χ2v) is 1.37. The molecule has 1 unspecified atom stereocenters. The van der Waals surface area contributed by atoms with Crippen molar-refractivity contribution in [3.8, 4) is 0 Å². The van der Waals surface area contributed by atoms with Crippen LogP contribution in [0.4, 0.5) is 0 Å². The molecule has 0 saturated carbocycles. The van der Waals surface area contributed by atoms with Gasteiger partial charge in [-0.05, 0) is 13.0 Å². The highest BCUT2D eigenvalue weighted by molar-refractivity contribution is 4.87. The molecule has 0 fully saturated rings. The molecule has 6 heavy (non-hydrogen) atoms. The second-order valence-electron chi connectivity index (χ2n) is 1.37. The van der Waals surface area contributed by atoms with E-state index in [2.05, 4.69) is 17.1 Å². The molecule has 0 aliphatic carbocycles. The van der Waals surface area contributed by atoms with E-state index in [1.54, 1.807) is 0 Å². The van der Waals surface area contributed by atoms with Crippen molar-refractivity contribution in [3.63, 3.8) is 0 Å². The van der Waals surface area contributed by atoms with Gasteiger partial charge in [-0.15, -0.1) is 0 Å². The molecule has 0 aromatic heterocycles. The fourth-order valence-corrected chi connectivity index (χ4v) is 0.364. The van der Waals surface area contributed by atoms with E-state index in [0.717, 1.165) is 0 Å². The first-order chi connectivity index (χ1) is 2.89. The van der Waals surface area contributed by atoms with Crippen LogP contribution in [-0.2, 0) is 0 Å². The SMILES string of the molecule is CC1C=[C]NN1. The van der Waals surface area contributed by atoms with E-state index in [-0.39, 0.29) is 0 Å². The normalized spacial score (nSPS) is 30.5. The third-order valence-electron chi connectivity index (χ3n) is 0.705. The molecule has 1 heterocycles. The largest absolute Gasteiger partial charge is 0.319 e. The molecule has 1 aliphatic heterocycles. The molecule has 0 saturated heterocycles. The van der Waals surface area contributed by atoms with Gasteiger partial charge in [-0.25, -0.2) is 5.43 Å². The Labute approximate surface area is 37.2 Å². The maximum atomic E-state index is 2.90. The van der Waals surface area contributed by atoms with Crippen LogP contribution in [0.3, 0.4) is 0 Å². The number of hydrogen-bond donors (Lipinski definition) is 2. The van der Waals surface area contributed by atoms with Crippen molar-refractivity contribution >= 4 is 0 Å². The van der Waals surface area contributed by atoms with Crippen LogP contribution in [0.25, 0.3) is 0 Å². The van der Waals surface area contributed by atoms with E-state index >= 15 is 0 Å². The quantitative estimate of drug-likeness (QED) is 0.424. The fourth-order valence-electron chi connectivity index (χ4n) is 0.364. The summed E-state index contributed by atoms with van der Waals surface area (Å²) in [5.41, 5.74) is 5.62. The summed E-state index contributed by atoms with van der Waals surface area (Å²) >= 11 is 0. The molecule has 1 atom stereocenters. The highest BCUT2D eigenvalue weighted by Crippen LogP contribution is 1.83. The van der Waals surface area contributed by atoms with E-state index in [0.29, 0.717) is 6.04 Å². The van der Waals surface area contributed by atoms with Gasteiger partial charge in [0.25, 0.3) is 0 Å². The number of hydrazine groups is 1. The van der Waals surface area contributed by atoms with E-state index in [4.69, 9.17) is 0 Å². The second kappa shape index (κ2) is 1.30. The standard InChI is InChI=1S/C4H7N2/c1-4-2-3-5-6-4/h2,4-6H,1H3. The van der Waals surface area contributed by atoms with Gasteiger partial charge in [0.15, 0.2) is 0 Å². The fraction of sp³-hybridized carbons (Fsp3) is 0.500. The Bertz CT molecular complexity index is 67.9. The van der Waals surface area contributed by atoms with E-state index in [1.807, 2.05) is 13.0 Å². The summed E-state index contributed by atoms with van der Waals surface area (Å²) in [6.07, 6.45) is 4.72. The zero-order valence-electron chi connectivity index (χ0n) is 3.65. The van der Waals surface area contributed by atoms with Gasteiger partial charge in [-0.3, -0.25) is 0 Å². The average molecular weight is 83.1 g/mol. The molecular formula is C4H7N2. The average Bonchev–Trinajstić information content (AvgIpc) is 1.86. The van der Waals surface area contributed by atoms with Crippen molar-refractivity contribution < 1.29 is 0 Å².